The van der Waals surface area contributed by atoms with Crippen LogP contribution in [0.5, 0.6) is 0 Å². The summed E-state index contributed by atoms with van der Waals surface area (Å²) in [5.41, 5.74) is -1.92. The number of hydrogen-bond donors (Lipinski definition) is 1. The number of aliphatic hydroxyl groups is 1. The molecule has 0 bridgehead atoms. The lowest BCUT2D eigenvalue weighted by molar-refractivity contribution is -0.144. The van der Waals surface area contributed by atoms with E-state index in [1.165, 1.54) is 9.80 Å². The van der Waals surface area contributed by atoms with Gasteiger partial charge < -0.3 is 14.9 Å². The van der Waals surface area contributed by atoms with Gasteiger partial charge >= 0.3 is 6.18 Å². The van der Waals surface area contributed by atoms with Gasteiger partial charge in [0.25, 0.3) is 11.8 Å². The van der Waals surface area contributed by atoms with E-state index < -0.39 is 29.6 Å². The minimum atomic E-state index is -4.75. The van der Waals surface area contributed by atoms with Crippen molar-refractivity contribution in [2.45, 2.75) is 44.4 Å². The summed E-state index contributed by atoms with van der Waals surface area (Å²) in [5, 5.41) is 17.1. The Kier molecular flexibility index (Phi) is 5.92. The van der Waals surface area contributed by atoms with Crippen molar-refractivity contribution in [2.75, 3.05) is 26.2 Å². The number of hydrogen-bond acceptors (Lipinski definition) is 5. The molecule has 1 saturated carbocycles. The number of aliphatic hydroxyl groups excluding tert-OH is 1. The lowest BCUT2D eigenvalue weighted by atomic mass is 10.00. The first kappa shape index (κ1) is 20.6. The molecule has 3 rings (SSSR count). The Morgan fingerprint density at radius 3 is 2.32 bits per heavy atom. The molecule has 1 aliphatic heterocycles. The van der Waals surface area contributed by atoms with Gasteiger partial charge in [-0.25, -0.2) is 4.68 Å². The highest BCUT2D eigenvalue weighted by atomic mass is 19.4. The second-order valence-electron chi connectivity index (χ2n) is 7.37. The number of rotatable bonds is 3. The molecule has 1 aromatic rings. The van der Waals surface area contributed by atoms with E-state index in [1.807, 2.05) is 0 Å². The van der Waals surface area contributed by atoms with E-state index >= 15 is 0 Å². The quantitative estimate of drug-likeness (QED) is 0.815. The molecular formula is C17H24F3N5O3. The predicted molar refractivity (Wildman–Crippen MR) is 91.1 cm³/mol. The van der Waals surface area contributed by atoms with Crippen LogP contribution >= 0.6 is 0 Å². The zero-order chi connectivity index (χ0) is 20.5. The summed E-state index contributed by atoms with van der Waals surface area (Å²) in [6, 6.07) is 0. The minimum absolute atomic E-state index is 0.0394. The van der Waals surface area contributed by atoms with Crippen LogP contribution in [0.15, 0.2) is 0 Å². The zero-order valence-electron chi connectivity index (χ0n) is 15.7. The van der Waals surface area contributed by atoms with Crippen molar-refractivity contribution in [3.63, 3.8) is 0 Å². The summed E-state index contributed by atoms with van der Waals surface area (Å²) in [6.07, 6.45) is -1.76. The van der Waals surface area contributed by atoms with Crippen molar-refractivity contribution in [1.82, 2.24) is 24.8 Å². The summed E-state index contributed by atoms with van der Waals surface area (Å²) in [5.74, 6) is -1.26. The monoisotopic (exact) mass is 403 g/mol. The van der Waals surface area contributed by atoms with Crippen LogP contribution < -0.4 is 0 Å². The second kappa shape index (κ2) is 8.06. The van der Waals surface area contributed by atoms with E-state index in [2.05, 4.69) is 10.3 Å². The molecule has 2 fully saturated rings. The Labute approximate surface area is 160 Å². The maximum atomic E-state index is 13.2. The molecule has 1 saturated heterocycles. The van der Waals surface area contributed by atoms with Crippen LogP contribution in [0.3, 0.4) is 0 Å². The fraction of sp³-hybridized carbons (Fsp3) is 0.765. The van der Waals surface area contributed by atoms with E-state index in [0.717, 1.165) is 32.7 Å². The number of carbonyl (C=O) groups is 2. The highest BCUT2D eigenvalue weighted by molar-refractivity contribution is 5.93. The molecule has 2 heterocycles. The molecule has 1 atom stereocenters. The van der Waals surface area contributed by atoms with Gasteiger partial charge in [0.1, 0.15) is 6.10 Å². The molecule has 2 aliphatic rings. The zero-order valence-corrected chi connectivity index (χ0v) is 15.7. The smallest absolute Gasteiger partial charge is 0.383 e. The topological polar surface area (TPSA) is 91.6 Å². The molecular weight excluding hydrogens is 379 g/mol. The summed E-state index contributed by atoms with van der Waals surface area (Å²) in [6.45, 7) is 0.792. The van der Waals surface area contributed by atoms with Crippen LogP contribution in [0.4, 0.5) is 13.2 Å². The lowest BCUT2D eigenvalue weighted by Crippen LogP contribution is -2.44. The lowest BCUT2D eigenvalue weighted by Gasteiger charge is -2.26. The minimum Gasteiger partial charge on any atom is -0.383 e. The van der Waals surface area contributed by atoms with Crippen molar-refractivity contribution >= 4 is 11.8 Å². The Hall–Kier alpha value is -2.17. The summed E-state index contributed by atoms with van der Waals surface area (Å²) >= 11 is 0. The van der Waals surface area contributed by atoms with Crippen LogP contribution in [-0.4, -0.2) is 74.0 Å². The number of aromatic nitrogens is 3. The number of nitrogens with zero attached hydrogens (tertiary/aromatic N) is 5. The fourth-order valence-electron chi connectivity index (χ4n) is 3.97. The van der Waals surface area contributed by atoms with Gasteiger partial charge in [-0.3, -0.25) is 9.59 Å². The summed E-state index contributed by atoms with van der Waals surface area (Å²) in [4.78, 5) is 27.9. The molecule has 0 spiro atoms. The van der Waals surface area contributed by atoms with E-state index in [4.69, 9.17) is 0 Å². The predicted octanol–water partition coefficient (Wildman–Crippen LogP) is 1.06. The first-order valence-corrected chi connectivity index (χ1v) is 9.43. The molecule has 1 N–H and O–H groups in total. The van der Waals surface area contributed by atoms with E-state index in [9.17, 15) is 27.9 Å². The van der Waals surface area contributed by atoms with Crippen LogP contribution in [0.1, 0.15) is 48.3 Å². The standard InChI is InChI=1S/C17H24F3N5O3/c1-23-14(17(18,19)20)12(21-22-23)15(27)24-7-4-8-25(10-9-24)16(28)13(26)11-5-2-3-6-11/h11,13,26H,2-10H2,1H3. The van der Waals surface area contributed by atoms with Gasteiger partial charge in [0.05, 0.1) is 0 Å². The highest BCUT2D eigenvalue weighted by Gasteiger charge is 2.42. The Morgan fingerprint density at radius 2 is 1.68 bits per heavy atom. The molecule has 1 aromatic heterocycles. The first-order valence-electron chi connectivity index (χ1n) is 9.43. The number of carbonyl (C=O) groups excluding carboxylic acids is 2. The molecule has 156 valence electrons. The molecule has 0 aromatic carbocycles. The summed E-state index contributed by atoms with van der Waals surface area (Å²) < 4.78 is 40.1. The van der Waals surface area contributed by atoms with E-state index in [-0.39, 0.29) is 31.5 Å². The average Bonchev–Trinajstić information content (AvgIpc) is 3.24. The Bertz CT molecular complexity index is 730. The van der Waals surface area contributed by atoms with Crippen LogP contribution in [0, 0.1) is 5.92 Å². The Balaban J connectivity index is 1.67. The van der Waals surface area contributed by atoms with Crippen molar-refractivity contribution in [3.8, 4) is 0 Å². The molecule has 1 unspecified atom stereocenters. The van der Waals surface area contributed by atoms with Crippen molar-refractivity contribution in [3.05, 3.63) is 11.4 Å². The number of alkyl halides is 3. The molecule has 2 amide bonds. The molecule has 28 heavy (non-hydrogen) atoms. The average molecular weight is 403 g/mol. The van der Waals surface area contributed by atoms with Crippen molar-refractivity contribution in [2.24, 2.45) is 13.0 Å². The molecule has 0 radical (unpaired) electrons. The van der Waals surface area contributed by atoms with Crippen molar-refractivity contribution < 1.29 is 27.9 Å². The normalized spacial score (nSPS) is 20.3. The van der Waals surface area contributed by atoms with Crippen LogP contribution in [0.2, 0.25) is 0 Å². The van der Waals surface area contributed by atoms with Gasteiger partial charge in [0, 0.05) is 33.2 Å². The largest absolute Gasteiger partial charge is 0.435 e. The third kappa shape index (κ3) is 4.13. The molecule has 1 aliphatic carbocycles. The van der Waals surface area contributed by atoms with Gasteiger partial charge in [0.2, 0.25) is 0 Å². The number of amides is 2. The molecule has 8 nitrogen and oxygen atoms in total. The maximum absolute atomic E-state index is 13.2. The Morgan fingerprint density at radius 1 is 1.07 bits per heavy atom. The van der Waals surface area contributed by atoms with E-state index in [0.29, 0.717) is 17.6 Å². The van der Waals surface area contributed by atoms with Crippen molar-refractivity contribution in [1.29, 1.82) is 0 Å². The summed E-state index contributed by atoms with van der Waals surface area (Å²) in [7, 11) is 1.08. The van der Waals surface area contributed by atoms with Gasteiger partial charge in [-0.1, -0.05) is 18.1 Å². The number of halogens is 3. The van der Waals surface area contributed by atoms with E-state index in [1.54, 1.807) is 0 Å². The van der Waals surface area contributed by atoms with Gasteiger partial charge in [-0.15, -0.1) is 5.10 Å². The van der Waals surface area contributed by atoms with Crippen LogP contribution in [-0.2, 0) is 18.0 Å². The maximum Gasteiger partial charge on any atom is 0.435 e. The van der Waals surface area contributed by atoms with Gasteiger partial charge in [0.15, 0.2) is 11.4 Å². The van der Waals surface area contributed by atoms with Gasteiger partial charge in [-0.05, 0) is 25.2 Å². The third-order valence-electron chi connectivity index (χ3n) is 5.49. The third-order valence-corrected chi connectivity index (χ3v) is 5.49. The first-order chi connectivity index (χ1) is 13.2. The van der Waals surface area contributed by atoms with Gasteiger partial charge in [-0.2, -0.15) is 13.2 Å². The highest BCUT2D eigenvalue weighted by Crippen LogP contribution is 2.31. The molecule has 11 heteroatoms. The number of aryl methyl sites for hydroxylation is 1. The fourth-order valence-corrected chi connectivity index (χ4v) is 3.97. The van der Waals surface area contributed by atoms with Crippen LogP contribution in [0.25, 0.3) is 0 Å². The second-order valence-corrected chi connectivity index (χ2v) is 7.37. The SMILES string of the molecule is Cn1nnc(C(=O)N2CCCN(C(=O)C(O)C3CCCC3)CC2)c1C(F)(F)F.